The number of ether oxygens (including phenoxy) is 1. The van der Waals surface area contributed by atoms with Gasteiger partial charge in [-0.3, -0.25) is 9.59 Å². The number of fused-ring (bicyclic) bond motifs is 3. The number of esters is 1. The highest BCUT2D eigenvalue weighted by atomic mass is 33.1. The number of rotatable bonds is 10. The van der Waals surface area contributed by atoms with Gasteiger partial charge in [0.05, 0.1) is 11.3 Å². The molecule has 1 heterocycles. The smallest absolute Gasteiger partial charge is 0.334 e. The number of likely N-dealkylation sites (tertiary alicyclic amines) is 1. The lowest BCUT2D eigenvalue weighted by molar-refractivity contribution is -0.165. The molecule has 2 aliphatic rings. The number of carbonyl (C=O) groups is 3. The van der Waals surface area contributed by atoms with Gasteiger partial charge in [0.25, 0.3) is 0 Å². The highest BCUT2D eigenvalue weighted by Crippen LogP contribution is 2.46. The van der Waals surface area contributed by atoms with E-state index in [-0.39, 0.29) is 11.3 Å². The van der Waals surface area contributed by atoms with Crippen LogP contribution in [0.3, 0.4) is 0 Å². The van der Waals surface area contributed by atoms with Crippen molar-refractivity contribution in [2.24, 2.45) is 0 Å². The number of hydrogen-bond donors (Lipinski definition) is 1. The van der Waals surface area contributed by atoms with Crippen LogP contribution in [0.25, 0.3) is 11.1 Å². The Morgan fingerprint density at radius 2 is 1.40 bits per heavy atom. The van der Waals surface area contributed by atoms with Crippen LogP contribution in [0.4, 0.5) is 0 Å². The average molecular weight is 639 g/mol. The van der Waals surface area contributed by atoms with Crippen molar-refractivity contribution in [3.8, 4) is 11.1 Å². The highest BCUT2D eigenvalue weighted by molar-refractivity contribution is 8.72. The topological polar surface area (TPSA) is 110 Å². The molecule has 2 amide bonds. The van der Waals surface area contributed by atoms with Crippen LogP contribution in [0.2, 0.25) is 0 Å². The summed E-state index contributed by atoms with van der Waals surface area (Å²) in [4.78, 5) is 41.9. The number of amides is 2. The quantitative estimate of drug-likeness (QED) is 0.109. The van der Waals surface area contributed by atoms with E-state index >= 15 is 0 Å². The summed E-state index contributed by atoms with van der Waals surface area (Å²) < 4.78 is 33.1. The zero-order valence-corrected chi connectivity index (χ0v) is 26.0. The maximum atomic E-state index is 14.0. The molecule has 45 heavy (non-hydrogen) atoms. The van der Waals surface area contributed by atoms with Gasteiger partial charge < -0.3 is 15.0 Å². The third kappa shape index (κ3) is 5.91. The molecule has 3 atom stereocenters. The van der Waals surface area contributed by atoms with Crippen LogP contribution in [0.1, 0.15) is 29.7 Å². The van der Waals surface area contributed by atoms with E-state index < -0.39 is 50.2 Å². The first-order chi connectivity index (χ1) is 21.7. The molecule has 3 unspecified atom stereocenters. The predicted molar refractivity (Wildman–Crippen MR) is 172 cm³/mol. The summed E-state index contributed by atoms with van der Waals surface area (Å²) in [5, 5.41) is 1.58. The fraction of sp³-hybridized carbons (Fsp3) is 0.171. The van der Waals surface area contributed by atoms with Gasteiger partial charge in [-0.1, -0.05) is 104 Å². The van der Waals surface area contributed by atoms with E-state index in [1.807, 2.05) is 54.6 Å². The molecule has 0 radical (unpaired) electrons. The second-order valence-corrected chi connectivity index (χ2v) is 14.9. The van der Waals surface area contributed by atoms with Gasteiger partial charge in [-0.25, -0.2) is 13.2 Å². The Labute approximate surface area is 265 Å². The summed E-state index contributed by atoms with van der Waals surface area (Å²) in [7, 11) is -3.50. The van der Waals surface area contributed by atoms with Gasteiger partial charge in [0, 0.05) is 21.9 Å². The van der Waals surface area contributed by atoms with E-state index in [0.29, 0.717) is 16.4 Å². The molecule has 4 aromatic rings. The Morgan fingerprint density at radius 3 is 1.98 bits per heavy atom. The van der Waals surface area contributed by atoms with Gasteiger partial charge in [0.15, 0.2) is 12.1 Å². The average Bonchev–Trinajstić information content (AvgIpc) is 3.35. The monoisotopic (exact) mass is 638 g/mol. The Kier molecular flexibility index (Phi) is 8.35. The van der Waals surface area contributed by atoms with E-state index in [1.54, 1.807) is 49.4 Å². The van der Waals surface area contributed by atoms with E-state index in [0.717, 1.165) is 32.7 Å². The van der Waals surface area contributed by atoms with Crippen LogP contribution < -0.4 is 5.32 Å². The normalized spacial score (nSPS) is 17.9. The Bertz CT molecular complexity index is 1850. The summed E-state index contributed by atoms with van der Waals surface area (Å²) in [6, 6.07) is 29.6. The Morgan fingerprint density at radius 1 is 0.867 bits per heavy atom. The SMILES string of the molecule is C=C(C)C(C(=O)OC1c2ccccc2-c2ccccc21)N1C(=O)C(NC(=O)Cc2ccccc2)C1SS(=O)(=O)c1ccccc1. The fourth-order valence-electron chi connectivity index (χ4n) is 5.74. The molecule has 1 fully saturated rings. The molecule has 1 aliphatic carbocycles. The molecule has 1 saturated heterocycles. The lowest BCUT2D eigenvalue weighted by atomic mass is 9.98. The summed E-state index contributed by atoms with van der Waals surface area (Å²) in [5.74, 6) is -1.80. The molecule has 4 aromatic carbocycles. The Hall–Kier alpha value is -4.67. The van der Waals surface area contributed by atoms with E-state index in [9.17, 15) is 22.8 Å². The molecule has 228 valence electrons. The zero-order valence-electron chi connectivity index (χ0n) is 24.3. The van der Waals surface area contributed by atoms with E-state index in [4.69, 9.17) is 4.74 Å². The molecule has 0 saturated carbocycles. The standard InChI is InChI=1S/C35H30N2O6S2/c1-22(2)31(35(40)43-32-27-19-11-9-17-25(27)26-18-10-12-20-28(26)32)37-33(39)30(36-29(38)21-23-13-5-3-6-14-23)34(37)44-45(41,42)24-15-7-4-8-16-24/h3-20,30-32,34H,1,21H2,2H3,(H,36,38). The minimum Gasteiger partial charge on any atom is -0.451 e. The summed E-state index contributed by atoms with van der Waals surface area (Å²) in [6.45, 7) is 5.55. The van der Waals surface area contributed by atoms with Crippen molar-refractivity contribution in [1.29, 1.82) is 0 Å². The summed E-state index contributed by atoms with van der Waals surface area (Å²) >= 11 is 0. The molecule has 6 rings (SSSR count). The van der Waals surface area contributed by atoms with Gasteiger partial charge in [0.1, 0.15) is 11.4 Å². The van der Waals surface area contributed by atoms with Crippen molar-refractivity contribution in [1.82, 2.24) is 10.2 Å². The fourth-order valence-corrected chi connectivity index (χ4v) is 9.27. The zero-order chi connectivity index (χ0) is 31.7. The first-order valence-electron chi connectivity index (χ1n) is 14.3. The van der Waals surface area contributed by atoms with Gasteiger partial charge in [-0.15, -0.1) is 0 Å². The maximum Gasteiger partial charge on any atom is 0.334 e. The number of β-lactam (4-membered cyclic amide) rings is 1. The number of carbonyl (C=O) groups excluding carboxylic acids is 3. The molecule has 0 aromatic heterocycles. The van der Waals surface area contributed by atoms with Crippen LogP contribution in [-0.2, 0) is 34.4 Å². The van der Waals surface area contributed by atoms with E-state index in [1.165, 1.54) is 12.1 Å². The van der Waals surface area contributed by atoms with Crippen LogP contribution in [0.15, 0.2) is 126 Å². The largest absolute Gasteiger partial charge is 0.451 e. The van der Waals surface area contributed by atoms with E-state index in [2.05, 4.69) is 11.9 Å². The molecule has 1 aliphatic heterocycles. The minimum atomic E-state index is -4.00. The van der Waals surface area contributed by atoms with Crippen LogP contribution >= 0.6 is 10.8 Å². The van der Waals surface area contributed by atoms with Crippen LogP contribution in [0.5, 0.6) is 0 Å². The molecule has 0 bridgehead atoms. The van der Waals surface area contributed by atoms with Crippen molar-refractivity contribution in [3.05, 3.63) is 138 Å². The third-order valence-corrected chi connectivity index (χ3v) is 11.6. The lowest BCUT2D eigenvalue weighted by Crippen LogP contribution is -2.73. The maximum absolute atomic E-state index is 14.0. The number of benzene rings is 4. The molecular formula is C35H30N2O6S2. The van der Waals surface area contributed by atoms with Crippen LogP contribution in [0, 0.1) is 0 Å². The van der Waals surface area contributed by atoms with Crippen molar-refractivity contribution < 1.29 is 27.5 Å². The van der Waals surface area contributed by atoms with Crippen molar-refractivity contribution >= 4 is 37.4 Å². The second-order valence-electron chi connectivity index (χ2n) is 10.9. The van der Waals surface area contributed by atoms with Gasteiger partial charge in [0.2, 0.25) is 20.7 Å². The number of nitrogens with one attached hydrogen (secondary N) is 1. The van der Waals surface area contributed by atoms with Crippen LogP contribution in [-0.4, -0.2) is 48.6 Å². The summed E-state index contributed by atoms with van der Waals surface area (Å²) in [5.41, 5.74) is 4.55. The number of nitrogens with zero attached hydrogens (tertiary/aromatic N) is 1. The first-order valence-corrected chi connectivity index (χ1v) is 17.2. The third-order valence-electron chi connectivity index (χ3n) is 7.84. The van der Waals surface area contributed by atoms with Crippen molar-refractivity contribution in [2.45, 2.75) is 41.8 Å². The number of hydrogen-bond acceptors (Lipinski definition) is 7. The lowest BCUT2D eigenvalue weighted by Gasteiger charge is -2.49. The molecular weight excluding hydrogens is 609 g/mol. The molecule has 8 nitrogen and oxygen atoms in total. The Balaban J connectivity index is 1.29. The molecule has 0 spiro atoms. The van der Waals surface area contributed by atoms with Gasteiger partial charge >= 0.3 is 5.97 Å². The summed E-state index contributed by atoms with van der Waals surface area (Å²) in [6.07, 6.45) is -0.719. The van der Waals surface area contributed by atoms with Crippen molar-refractivity contribution in [3.63, 3.8) is 0 Å². The minimum absolute atomic E-state index is 0.000103. The second kappa shape index (κ2) is 12.4. The predicted octanol–water partition coefficient (Wildman–Crippen LogP) is 5.26. The molecule has 10 heteroatoms. The van der Waals surface area contributed by atoms with Gasteiger partial charge in [-0.2, -0.15) is 0 Å². The van der Waals surface area contributed by atoms with Gasteiger partial charge in [-0.05, 0) is 41.3 Å². The first kappa shape index (κ1) is 30.4. The molecule has 1 N–H and O–H groups in total. The van der Waals surface area contributed by atoms with Crippen molar-refractivity contribution in [2.75, 3.05) is 0 Å². The highest BCUT2D eigenvalue weighted by Gasteiger charge is 2.56.